The summed E-state index contributed by atoms with van der Waals surface area (Å²) in [6.07, 6.45) is -0.526. The molecule has 0 aromatic heterocycles. The SMILES string of the molecule is CC(C)OB(OC(C)C)c1c2cc([N+](=O)[O-])ccc2c(N)c2c(N)cc([N+](=O)[O-])cc12. The number of nitrogens with zero attached hydrogens (tertiary/aromatic N) is 2. The first-order valence-electron chi connectivity index (χ1n) is 9.69. The molecule has 11 heteroatoms. The van der Waals surface area contributed by atoms with Crippen molar-refractivity contribution in [3.8, 4) is 0 Å². The summed E-state index contributed by atoms with van der Waals surface area (Å²) in [4.78, 5) is 21.8. The summed E-state index contributed by atoms with van der Waals surface area (Å²) in [5, 5.41) is 24.6. The quantitative estimate of drug-likeness (QED) is 0.191. The Labute approximate surface area is 178 Å². The monoisotopic (exact) mass is 426 g/mol. The molecule has 0 bridgehead atoms. The summed E-state index contributed by atoms with van der Waals surface area (Å²) in [6.45, 7) is 7.27. The number of hydrogen-bond donors (Lipinski definition) is 2. The Bertz CT molecular complexity index is 1190. The second-order valence-electron chi connectivity index (χ2n) is 7.73. The van der Waals surface area contributed by atoms with Crippen LogP contribution in [0.4, 0.5) is 22.7 Å². The van der Waals surface area contributed by atoms with Gasteiger partial charge in [0, 0.05) is 58.6 Å². The summed E-state index contributed by atoms with van der Waals surface area (Å²) in [7, 11) is -0.964. The maximum Gasteiger partial charge on any atom is 0.495 e. The third-order valence-electron chi connectivity index (χ3n) is 4.75. The van der Waals surface area contributed by atoms with Crippen molar-refractivity contribution >= 4 is 56.9 Å². The number of nitro benzene ring substituents is 2. The number of nitro groups is 2. The maximum absolute atomic E-state index is 11.5. The van der Waals surface area contributed by atoms with E-state index in [1.165, 1.54) is 30.3 Å². The lowest BCUT2D eigenvalue weighted by atomic mass is 9.71. The van der Waals surface area contributed by atoms with Gasteiger partial charge in [0.25, 0.3) is 11.4 Å². The number of benzene rings is 3. The van der Waals surface area contributed by atoms with Crippen molar-refractivity contribution in [2.75, 3.05) is 11.5 Å². The summed E-state index contributed by atoms with van der Waals surface area (Å²) >= 11 is 0. The van der Waals surface area contributed by atoms with Crippen molar-refractivity contribution in [1.82, 2.24) is 0 Å². The summed E-state index contributed by atoms with van der Waals surface area (Å²) in [6, 6.07) is 6.83. The lowest BCUT2D eigenvalue weighted by Gasteiger charge is -2.23. The van der Waals surface area contributed by atoms with Crippen molar-refractivity contribution in [2.24, 2.45) is 0 Å². The molecule has 162 valence electrons. The molecule has 0 aliphatic carbocycles. The van der Waals surface area contributed by atoms with Crippen LogP contribution in [0.25, 0.3) is 21.5 Å². The van der Waals surface area contributed by atoms with E-state index in [1.807, 2.05) is 27.7 Å². The Morgan fingerprint density at radius 2 is 1.39 bits per heavy atom. The van der Waals surface area contributed by atoms with E-state index in [2.05, 4.69) is 0 Å². The number of nitrogens with two attached hydrogens (primary N) is 2. The molecule has 3 aromatic carbocycles. The molecule has 0 heterocycles. The zero-order chi connectivity index (χ0) is 23.0. The molecule has 0 spiro atoms. The average Bonchev–Trinajstić information content (AvgIpc) is 2.66. The van der Waals surface area contributed by atoms with Crippen molar-refractivity contribution < 1.29 is 19.2 Å². The highest BCUT2D eigenvalue weighted by Crippen LogP contribution is 2.37. The Balaban J connectivity index is 2.55. The molecule has 4 N–H and O–H groups in total. The minimum Gasteiger partial charge on any atom is -0.405 e. The van der Waals surface area contributed by atoms with Crippen LogP contribution in [0.5, 0.6) is 0 Å². The minimum absolute atomic E-state index is 0.121. The van der Waals surface area contributed by atoms with Crippen LogP contribution in [0.2, 0.25) is 0 Å². The lowest BCUT2D eigenvalue weighted by Crippen LogP contribution is -2.42. The van der Waals surface area contributed by atoms with Crippen LogP contribution in [0.1, 0.15) is 27.7 Å². The van der Waals surface area contributed by atoms with Crippen LogP contribution in [0, 0.1) is 20.2 Å². The van der Waals surface area contributed by atoms with Gasteiger partial charge < -0.3 is 20.8 Å². The first-order valence-corrected chi connectivity index (χ1v) is 9.69. The molecule has 0 saturated heterocycles. The van der Waals surface area contributed by atoms with Gasteiger partial charge in [0.1, 0.15) is 0 Å². The highest BCUT2D eigenvalue weighted by molar-refractivity contribution is 6.68. The number of nitrogen functional groups attached to an aromatic ring is 2. The Morgan fingerprint density at radius 1 is 0.839 bits per heavy atom. The van der Waals surface area contributed by atoms with Gasteiger partial charge >= 0.3 is 7.12 Å². The molecule has 0 aliphatic heterocycles. The second kappa shape index (κ2) is 8.36. The molecule has 10 nitrogen and oxygen atoms in total. The number of fused-ring (bicyclic) bond motifs is 2. The van der Waals surface area contributed by atoms with Gasteiger partial charge in [0.2, 0.25) is 0 Å². The van der Waals surface area contributed by atoms with E-state index in [0.29, 0.717) is 27.0 Å². The van der Waals surface area contributed by atoms with Crippen molar-refractivity contribution in [3.63, 3.8) is 0 Å². The molecule has 0 aliphatic rings. The van der Waals surface area contributed by atoms with E-state index in [-0.39, 0.29) is 35.0 Å². The summed E-state index contributed by atoms with van der Waals surface area (Å²) in [5.41, 5.74) is 12.9. The predicted octanol–water partition coefficient (Wildman–Crippen LogP) is 3.52. The van der Waals surface area contributed by atoms with E-state index in [0.717, 1.165) is 0 Å². The topological polar surface area (TPSA) is 157 Å². The van der Waals surface area contributed by atoms with Gasteiger partial charge in [0.05, 0.1) is 9.85 Å². The molecule has 0 fully saturated rings. The minimum atomic E-state index is -0.964. The zero-order valence-corrected chi connectivity index (χ0v) is 17.6. The Kier molecular flexibility index (Phi) is 6.00. The highest BCUT2D eigenvalue weighted by atomic mass is 16.6. The molecule has 0 radical (unpaired) electrons. The highest BCUT2D eigenvalue weighted by Gasteiger charge is 2.32. The molecule has 0 amide bonds. The van der Waals surface area contributed by atoms with Crippen molar-refractivity contribution in [1.29, 1.82) is 0 Å². The Hall–Kier alpha value is -3.44. The summed E-state index contributed by atoms with van der Waals surface area (Å²) in [5.74, 6) is 0. The first kappa shape index (κ1) is 22.3. The van der Waals surface area contributed by atoms with Crippen LogP contribution in [-0.4, -0.2) is 29.2 Å². The molecule has 3 rings (SSSR count). The fourth-order valence-electron chi connectivity index (χ4n) is 3.57. The van der Waals surface area contributed by atoms with E-state index in [9.17, 15) is 20.2 Å². The standard InChI is InChI=1S/C20H23BN4O6/c1-10(2)30-21(31-11(3)4)19-15-7-12(24(26)27)5-6-14(15)20(23)18-16(19)8-13(25(28)29)9-17(18)22/h5-11H,22-23H2,1-4H3. The number of rotatable bonds is 7. The smallest absolute Gasteiger partial charge is 0.405 e. The van der Waals surface area contributed by atoms with Crippen molar-refractivity contribution in [3.05, 3.63) is 50.6 Å². The van der Waals surface area contributed by atoms with E-state index < -0.39 is 17.0 Å². The van der Waals surface area contributed by atoms with E-state index >= 15 is 0 Å². The van der Waals surface area contributed by atoms with Gasteiger partial charge in [-0.15, -0.1) is 0 Å². The van der Waals surface area contributed by atoms with Gasteiger partial charge in [0.15, 0.2) is 0 Å². The predicted molar refractivity (Wildman–Crippen MR) is 121 cm³/mol. The second-order valence-corrected chi connectivity index (χ2v) is 7.73. The normalized spacial score (nSPS) is 11.5. The largest absolute Gasteiger partial charge is 0.495 e. The van der Waals surface area contributed by atoms with E-state index in [1.54, 1.807) is 0 Å². The van der Waals surface area contributed by atoms with Crippen LogP contribution >= 0.6 is 0 Å². The van der Waals surface area contributed by atoms with Gasteiger partial charge in [-0.3, -0.25) is 20.2 Å². The van der Waals surface area contributed by atoms with Gasteiger partial charge in [-0.1, -0.05) is 0 Å². The molecule has 0 saturated carbocycles. The van der Waals surface area contributed by atoms with E-state index in [4.69, 9.17) is 20.8 Å². The molecule has 0 unspecified atom stereocenters. The third kappa shape index (κ3) is 4.23. The fourth-order valence-corrected chi connectivity index (χ4v) is 3.57. The molecule has 31 heavy (non-hydrogen) atoms. The lowest BCUT2D eigenvalue weighted by molar-refractivity contribution is -0.384. The molecular formula is C20H23BN4O6. The Morgan fingerprint density at radius 3 is 1.90 bits per heavy atom. The number of anilines is 2. The number of hydrogen-bond acceptors (Lipinski definition) is 8. The molecule has 3 aromatic rings. The summed E-state index contributed by atoms with van der Waals surface area (Å²) < 4.78 is 12.0. The van der Waals surface area contributed by atoms with Crippen LogP contribution in [0.15, 0.2) is 30.3 Å². The number of non-ortho nitro benzene ring substituents is 2. The zero-order valence-electron chi connectivity index (χ0n) is 17.6. The molecule has 0 atom stereocenters. The van der Waals surface area contributed by atoms with Crippen LogP contribution in [-0.2, 0) is 9.31 Å². The third-order valence-corrected chi connectivity index (χ3v) is 4.75. The van der Waals surface area contributed by atoms with Gasteiger partial charge in [-0.2, -0.15) is 0 Å². The van der Waals surface area contributed by atoms with Gasteiger partial charge in [-0.25, -0.2) is 0 Å². The van der Waals surface area contributed by atoms with Crippen LogP contribution < -0.4 is 16.9 Å². The van der Waals surface area contributed by atoms with Crippen molar-refractivity contribution in [2.45, 2.75) is 39.9 Å². The average molecular weight is 426 g/mol. The molecular weight excluding hydrogens is 403 g/mol. The first-order chi connectivity index (χ1) is 14.5. The van der Waals surface area contributed by atoms with Crippen LogP contribution in [0.3, 0.4) is 0 Å². The van der Waals surface area contributed by atoms with Gasteiger partial charge in [-0.05, 0) is 50.0 Å². The maximum atomic E-state index is 11.5. The fraction of sp³-hybridized carbons (Fsp3) is 0.300.